The third-order valence-corrected chi connectivity index (χ3v) is 9.27. The Hall–Kier alpha value is -3.73. The molecule has 6 rings (SSSR count). The molecule has 0 saturated carbocycles. The number of thioether (sulfide) groups is 1. The van der Waals surface area contributed by atoms with Crippen LogP contribution < -0.4 is 5.73 Å². The molecule has 0 spiro atoms. The lowest BCUT2D eigenvalue weighted by Gasteiger charge is -2.46. The molecule has 47 heavy (non-hydrogen) atoms. The van der Waals surface area contributed by atoms with Crippen LogP contribution in [0.3, 0.4) is 0 Å². The average molecular weight is 683 g/mol. The molecule has 2 saturated heterocycles. The van der Waals surface area contributed by atoms with Crippen molar-refractivity contribution >= 4 is 17.6 Å². The van der Waals surface area contributed by atoms with Gasteiger partial charge in [0.25, 0.3) is 0 Å². The fourth-order valence-electron chi connectivity index (χ4n) is 5.49. The maximum atomic E-state index is 13.8. The third kappa shape index (κ3) is 6.30. The van der Waals surface area contributed by atoms with Gasteiger partial charge in [-0.2, -0.15) is 0 Å². The molecule has 1 aromatic carbocycles. The van der Waals surface area contributed by atoms with Crippen molar-refractivity contribution in [2.24, 2.45) is 0 Å². The lowest BCUT2D eigenvalue weighted by atomic mass is 9.97. The first-order chi connectivity index (χ1) is 22.5. The number of anilines is 1. The summed E-state index contributed by atoms with van der Waals surface area (Å²) in [5.74, 6) is -4.30. The van der Waals surface area contributed by atoms with Gasteiger partial charge in [0.2, 0.25) is 0 Å². The summed E-state index contributed by atoms with van der Waals surface area (Å²) in [6.45, 7) is -1.38. The Kier molecular flexibility index (Phi) is 9.47. The van der Waals surface area contributed by atoms with Crippen molar-refractivity contribution in [1.82, 2.24) is 35.0 Å². The topological polar surface area (TPSA) is 240 Å². The Morgan fingerprint density at radius 2 is 1.23 bits per heavy atom. The number of nitrogen functional groups attached to an aromatic ring is 1. The lowest BCUT2D eigenvalue weighted by Crippen LogP contribution is -2.58. The van der Waals surface area contributed by atoms with Crippen LogP contribution in [-0.4, -0.2) is 126 Å². The van der Waals surface area contributed by atoms with Gasteiger partial charge in [0.15, 0.2) is 17.5 Å². The van der Waals surface area contributed by atoms with Crippen LogP contribution in [0.4, 0.5) is 19.0 Å². The highest BCUT2D eigenvalue weighted by atomic mass is 32.2. The minimum absolute atomic E-state index is 0.117. The predicted octanol–water partition coefficient (Wildman–Crippen LogP) is -1.01. The minimum atomic E-state index is -1.67. The molecule has 10 atom stereocenters. The molecular formula is C27H29F3N8O8S. The van der Waals surface area contributed by atoms with E-state index in [2.05, 4.69) is 25.6 Å². The molecule has 2 fully saturated rings. The maximum Gasteiger partial charge on any atom is 0.194 e. The summed E-state index contributed by atoms with van der Waals surface area (Å²) in [6, 6.07) is 2.06. The molecule has 2 aliphatic rings. The van der Waals surface area contributed by atoms with Crippen LogP contribution in [0.5, 0.6) is 0 Å². The first-order valence-electron chi connectivity index (χ1n) is 14.1. The summed E-state index contributed by atoms with van der Waals surface area (Å²) in [5, 5.41) is 80.5. The standard InChI is InChI=1S/C27H29F3N8O8S/c28-12-3-11(4-13(29)19(12)30)15-7-38(36-34-15)21-23(42)17(9-40)46-27(25(21)44)47-26-24(43)20(22(41)16(8-39)45-26)37-6-14(33-35-37)10-1-2-18(31)32-5-10/h1-7,16-17,20-27,39-44H,8-9H2,(H2,31,32)/t16-,17?,20?,21+,22?,23+,24-,25?,26+,27+/m1/s1. The van der Waals surface area contributed by atoms with Crippen molar-refractivity contribution in [3.63, 3.8) is 0 Å². The van der Waals surface area contributed by atoms with Gasteiger partial charge >= 0.3 is 0 Å². The largest absolute Gasteiger partial charge is 0.394 e. The fourth-order valence-corrected chi connectivity index (χ4v) is 6.81. The van der Waals surface area contributed by atoms with Gasteiger partial charge < -0.3 is 45.8 Å². The van der Waals surface area contributed by atoms with Crippen molar-refractivity contribution in [1.29, 1.82) is 0 Å². The summed E-state index contributed by atoms with van der Waals surface area (Å²) in [5.41, 5.74) is 3.65. The number of pyridine rings is 1. The zero-order valence-corrected chi connectivity index (χ0v) is 24.8. The molecule has 5 heterocycles. The highest BCUT2D eigenvalue weighted by Gasteiger charge is 2.51. The lowest BCUT2D eigenvalue weighted by molar-refractivity contribution is -0.189. The zero-order valence-electron chi connectivity index (χ0n) is 24.0. The van der Waals surface area contributed by atoms with E-state index in [-0.39, 0.29) is 17.1 Å². The van der Waals surface area contributed by atoms with Crippen molar-refractivity contribution in [2.45, 2.75) is 59.6 Å². The van der Waals surface area contributed by atoms with E-state index in [0.717, 1.165) is 22.6 Å². The number of aromatic nitrogens is 7. The van der Waals surface area contributed by atoms with Crippen LogP contribution in [0.2, 0.25) is 0 Å². The molecule has 3 aromatic heterocycles. The number of ether oxygens (including phenoxy) is 2. The Balaban J connectivity index is 1.25. The molecule has 16 nitrogen and oxygen atoms in total. The van der Waals surface area contributed by atoms with E-state index in [1.165, 1.54) is 17.1 Å². The zero-order chi connectivity index (χ0) is 33.6. The second-order valence-corrected chi connectivity index (χ2v) is 12.1. The Labute approximate surface area is 267 Å². The second-order valence-electron chi connectivity index (χ2n) is 10.9. The number of aliphatic hydroxyl groups is 6. The number of rotatable bonds is 8. The van der Waals surface area contributed by atoms with Gasteiger partial charge in [0.1, 0.15) is 76.8 Å². The summed E-state index contributed by atoms with van der Waals surface area (Å²) in [7, 11) is 0. The molecule has 0 radical (unpaired) electrons. The Morgan fingerprint density at radius 1 is 0.745 bits per heavy atom. The van der Waals surface area contributed by atoms with Crippen LogP contribution in [0.1, 0.15) is 12.1 Å². The van der Waals surface area contributed by atoms with Gasteiger partial charge in [-0.05, 0) is 24.3 Å². The van der Waals surface area contributed by atoms with Gasteiger partial charge in [-0.3, -0.25) is 0 Å². The average Bonchev–Trinajstić information content (AvgIpc) is 3.74. The van der Waals surface area contributed by atoms with E-state index >= 15 is 0 Å². The summed E-state index contributed by atoms with van der Waals surface area (Å²) < 4.78 is 54.9. The second kappa shape index (κ2) is 13.4. The quantitative estimate of drug-likeness (QED) is 0.110. The van der Waals surface area contributed by atoms with Gasteiger partial charge in [0, 0.05) is 17.3 Å². The number of nitrogens with two attached hydrogens (primary N) is 1. The van der Waals surface area contributed by atoms with E-state index in [4.69, 9.17) is 15.2 Å². The molecule has 0 amide bonds. The van der Waals surface area contributed by atoms with E-state index < -0.39 is 90.2 Å². The first-order valence-corrected chi connectivity index (χ1v) is 15.1. The number of hydrogen-bond donors (Lipinski definition) is 7. The van der Waals surface area contributed by atoms with Gasteiger partial charge in [0.05, 0.1) is 25.6 Å². The maximum absolute atomic E-state index is 13.8. The molecule has 8 N–H and O–H groups in total. The van der Waals surface area contributed by atoms with Crippen molar-refractivity contribution < 1.29 is 53.3 Å². The van der Waals surface area contributed by atoms with Gasteiger partial charge in [-0.25, -0.2) is 27.5 Å². The molecular weight excluding hydrogens is 653 g/mol. The molecule has 252 valence electrons. The summed E-state index contributed by atoms with van der Waals surface area (Å²) >= 11 is 0.734. The van der Waals surface area contributed by atoms with E-state index in [1.54, 1.807) is 12.1 Å². The SMILES string of the molecule is Nc1ccc(-c2cn(C3C(O)[C@@H](CO)O[C@@H](S[C@@H]4OC(CO)[C@H](O)[C@H](n5cc(-c6cc(F)c(F)c(F)c6)nn5)C4O)[C@@H]3O)nn2)cn1. The minimum Gasteiger partial charge on any atom is -0.394 e. The normalized spacial score (nSPS) is 31.3. The number of hydrogen-bond acceptors (Lipinski definition) is 15. The van der Waals surface area contributed by atoms with Crippen molar-refractivity contribution in [2.75, 3.05) is 18.9 Å². The Morgan fingerprint density at radius 3 is 1.68 bits per heavy atom. The molecule has 2 aliphatic heterocycles. The van der Waals surface area contributed by atoms with E-state index in [1.807, 2.05) is 0 Å². The smallest absolute Gasteiger partial charge is 0.194 e. The monoisotopic (exact) mass is 682 g/mol. The van der Waals surface area contributed by atoms with Gasteiger partial charge in [-0.15, -0.1) is 10.2 Å². The summed E-state index contributed by atoms with van der Waals surface area (Å²) in [6.07, 6.45) is -4.64. The number of aliphatic hydroxyl groups excluding tert-OH is 6. The third-order valence-electron chi connectivity index (χ3n) is 7.96. The van der Waals surface area contributed by atoms with Crippen LogP contribution in [0.25, 0.3) is 22.5 Å². The molecule has 0 bridgehead atoms. The van der Waals surface area contributed by atoms with Crippen molar-refractivity contribution in [3.8, 4) is 22.5 Å². The number of benzene rings is 1. The molecule has 20 heteroatoms. The van der Waals surface area contributed by atoms with Crippen LogP contribution in [0, 0.1) is 17.5 Å². The van der Waals surface area contributed by atoms with Crippen LogP contribution in [0.15, 0.2) is 42.9 Å². The van der Waals surface area contributed by atoms with Crippen molar-refractivity contribution in [3.05, 3.63) is 60.3 Å². The predicted molar refractivity (Wildman–Crippen MR) is 154 cm³/mol. The molecule has 0 aliphatic carbocycles. The highest BCUT2D eigenvalue weighted by Crippen LogP contribution is 2.42. The fraction of sp³-hybridized carbons (Fsp3) is 0.444. The van der Waals surface area contributed by atoms with Gasteiger partial charge in [-0.1, -0.05) is 22.2 Å². The molecule has 4 unspecified atom stereocenters. The first kappa shape index (κ1) is 33.2. The summed E-state index contributed by atoms with van der Waals surface area (Å²) in [4.78, 5) is 4.01. The van der Waals surface area contributed by atoms with E-state index in [0.29, 0.717) is 23.4 Å². The highest BCUT2D eigenvalue weighted by molar-refractivity contribution is 8.00. The number of halogens is 3. The number of nitrogens with zero attached hydrogens (tertiary/aromatic N) is 7. The molecule has 4 aromatic rings. The van der Waals surface area contributed by atoms with Crippen LogP contribution in [-0.2, 0) is 9.47 Å². The van der Waals surface area contributed by atoms with E-state index in [9.17, 15) is 43.8 Å². The van der Waals surface area contributed by atoms with Crippen LogP contribution >= 0.6 is 11.8 Å². The Bertz CT molecular complexity index is 1680.